The van der Waals surface area contributed by atoms with Gasteiger partial charge in [0.05, 0.1) is 11.3 Å². The van der Waals surface area contributed by atoms with Crippen molar-refractivity contribution in [1.29, 1.82) is 0 Å². The van der Waals surface area contributed by atoms with Crippen molar-refractivity contribution < 1.29 is 9.18 Å². The summed E-state index contributed by atoms with van der Waals surface area (Å²) >= 11 is 5.33. The molecule has 1 aromatic heterocycles. The number of amides is 1. The maximum Gasteiger partial charge on any atom is 0.256 e. The van der Waals surface area contributed by atoms with Crippen molar-refractivity contribution in [2.24, 2.45) is 0 Å². The summed E-state index contributed by atoms with van der Waals surface area (Å²) in [6.45, 7) is 0. The van der Waals surface area contributed by atoms with Crippen molar-refractivity contribution in [3.63, 3.8) is 0 Å². The number of anilines is 1. The molecule has 122 valence electrons. The average Bonchev–Trinajstić information content (AvgIpc) is 3.07. The molecule has 1 heterocycles. The molecule has 0 spiro atoms. The Morgan fingerprint density at radius 1 is 1.21 bits per heavy atom. The lowest BCUT2D eigenvalue weighted by Crippen LogP contribution is -2.14. The van der Waals surface area contributed by atoms with Crippen LogP contribution in [0.2, 0.25) is 0 Å². The highest BCUT2D eigenvalue weighted by atomic mass is 127. The lowest BCUT2D eigenvalue weighted by Gasteiger charge is -2.11. The minimum atomic E-state index is -0.345. The van der Waals surface area contributed by atoms with Gasteiger partial charge in [0.2, 0.25) is 0 Å². The Bertz CT molecular complexity index is 852. The van der Waals surface area contributed by atoms with E-state index < -0.39 is 0 Å². The number of benzene rings is 2. The van der Waals surface area contributed by atoms with Gasteiger partial charge in [0, 0.05) is 14.2 Å². The predicted molar refractivity (Wildman–Crippen MR) is 107 cm³/mol. The fourth-order valence-corrected chi connectivity index (χ4v) is 4.54. The maximum absolute atomic E-state index is 13.2. The molecule has 2 nitrogen and oxygen atoms in total. The fraction of sp³-hybridized carbons (Fsp3) is 0.0556. The Labute approximate surface area is 161 Å². The van der Waals surface area contributed by atoms with Gasteiger partial charge in [-0.3, -0.25) is 4.79 Å². The Balaban J connectivity index is 1.76. The summed E-state index contributed by atoms with van der Waals surface area (Å²) in [5.74, 6) is 0.274. The SMILES string of the molecule is O=C(Nc1ccccc1SCc1ccsc1)c1ccc(F)cc1I. The van der Waals surface area contributed by atoms with Gasteiger partial charge < -0.3 is 5.32 Å². The molecule has 0 aliphatic carbocycles. The van der Waals surface area contributed by atoms with Crippen LogP contribution >= 0.6 is 45.7 Å². The van der Waals surface area contributed by atoms with E-state index in [-0.39, 0.29) is 11.7 Å². The van der Waals surface area contributed by atoms with Gasteiger partial charge in [-0.25, -0.2) is 4.39 Å². The van der Waals surface area contributed by atoms with E-state index in [2.05, 4.69) is 22.1 Å². The van der Waals surface area contributed by atoms with E-state index in [0.717, 1.165) is 16.3 Å². The number of thioether (sulfide) groups is 1. The molecule has 3 aromatic rings. The topological polar surface area (TPSA) is 29.1 Å². The molecular weight excluding hydrogens is 456 g/mol. The first kappa shape index (κ1) is 17.4. The van der Waals surface area contributed by atoms with E-state index >= 15 is 0 Å². The third-order valence-corrected chi connectivity index (χ3v) is 6.05. The van der Waals surface area contributed by atoms with Crippen LogP contribution in [0, 0.1) is 9.39 Å². The highest BCUT2D eigenvalue weighted by Crippen LogP contribution is 2.30. The molecule has 3 rings (SSSR count). The number of thiophene rings is 1. The van der Waals surface area contributed by atoms with Crippen molar-refractivity contribution in [1.82, 2.24) is 0 Å². The van der Waals surface area contributed by atoms with Crippen LogP contribution < -0.4 is 5.32 Å². The van der Waals surface area contributed by atoms with Crippen molar-refractivity contribution in [3.8, 4) is 0 Å². The van der Waals surface area contributed by atoms with Gasteiger partial charge in [0.1, 0.15) is 5.82 Å². The number of para-hydroxylation sites is 1. The lowest BCUT2D eigenvalue weighted by molar-refractivity contribution is 0.102. The molecule has 0 bridgehead atoms. The zero-order valence-corrected chi connectivity index (χ0v) is 16.3. The maximum atomic E-state index is 13.2. The van der Waals surface area contributed by atoms with Gasteiger partial charge in [0.15, 0.2) is 0 Å². The number of hydrogen-bond acceptors (Lipinski definition) is 3. The molecule has 1 N–H and O–H groups in total. The Morgan fingerprint density at radius 2 is 2.04 bits per heavy atom. The minimum absolute atomic E-state index is 0.233. The zero-order chi connectivity index (χ0) is 16.9. The summed E-state index contributed by atoms with van der Waals surface area (Å²) in [6, 6.07) is 14.0. The van der Waals surface area contributed by atoms with Gasteiger partial charge in [-0.1, -0.05) is 12.1 Å². The highest BCUT2D eigenvalue weighted by Gasteiger charge is 2.13. The lowest BCUT2D eigenvalue weighted by atomic mass is 10.2. The van der Waals surface area contributed by atoms with Crippen LogP contribution in [0.5, 0.6) is 0 Å². The van der Waals surface area contributed by atoms with Crippen LogP contribution in [0.15, 0.2) is 64.2 Å². The Kier molecular flexibility index (Phi) is 5.91. The van der Waals surface area contributed by atoms with Crippen LogP contribution in [0.25, 0.3) is 0 Å². The number of hydrogen-bond donors (Lipinski definition) is 1. The minimum Gasteiger partial charge on any atom is -0.321 e. The summed E-state index contributed by atoms with van der Waals surface area (Å²) < 4.78 is 13.8. The number of carbonyl (C=O) groups is 1. The summed E-state index contributed by atoms with van der Waals surface area (Å²) in [6.07, 6.45) is 0. The summed E-state index contributed by atoms with van der Waals surface area (Å²) in [7, 11) is 0. The van der Waals surface area contributed by atoms with Crippen LogP contribution in [-0.2, 0) is 5.75 Å². The third kappa shape index (κ3) is 4.37. The second-order valence-corrected chi connectivity index (χ2v) is 7.95. The number of rotatable bonds is 5. The van der Waals surface area contributed by atoms with Gasteiger partial charge in [-0.2, -0.15) is 11.3 Å². The first-order chi connectivity index (χ1) is 11.6. The van der Waals surface area contributed by atoms with Crippen molar-refractivity contribution >= 4 is 57.3 Å². The molecule has 0 aliphatic rings. The van der Waals surface area contributed by atoms with Gasteiger partial charge in [-0.15, -0.1) is 11.8 Å². The second kappa shape index (κ2) is 8.13. The normalized spacial score (nSPS) is 10.6. The van der Waals surface area contributed by atoms with E-state index in [9.17, 15) is 9.18 Å². The summed E-state index contributed by atoms with van der Waals surface area (Å²) in [5, 5.41) is 7.11. The highest BCUT2D eigenvalue weighted by molar-refractivity contribution is 14.1. The largest absolute Gasteiger partial charge is 0.321 e. The standard InChI is InChI=1S/C18H13FINOS2/c19-13-5-6-14(15(20)9-13)18(22)21-16-3-1-2-4-17(16)24-11-12-7-8-23-10-12/h1-10H,11H2,(H,21,22). The molecule has 2 aromatic carbocycles. The van der Waals surface area contributed by atoms with Crippen LogP contribution in [-0.4, -0.2) is 5.91 Å². The molecule has 0 radical (unpaired) electrons. The molecule has 0 saturated heterocycles. The molecule has 0 aliphatic heterocycles. The van der Waals surface area contributed by atoms with E-state index in [0.29, 0.717) is 9.13 Å². The van der Waals surface area contributed by atoms with E-state index in [1.54, 1.807) is 23.1 Å². The summed E-state index contributed by atoms with van der Waals surface area (Å²) in [5.41, 5.74) is 2.50. The smallest absolute Gasteiger partial charge is 0.256 e. The second-order valence-electron chi connectivity index (χ2n) is 4.99. The zero-order valence-electron chi connectivity index (χ0n) is 12.5. The van der Waals surface area contributed by atoms with Crippen LogP contribution in [0.1, 0.15) is 15.9 Å². The fourth-order valence-electron chi connectivity index (χ4n) is 2.09. The molecule has 6 heteroatoms. The number of nitrogens with one attached hydrogen (secondary N) is 1. The van der Waals surface area contributed by atoms with Crippen LogP contribution in [0.4, 0.5) is 10.1 Å². The molecule has 0 saturated carbocycles. The number of halogens is 2. The number of carbonyl (C=O) groups excluding carboxylic acids is 1. The molecule has 0 fully saturated rings. The van der Waals surface area contributed by atoms with E-state index in [1.807, 2.05) is 46.9 Å². The predicted octanol–water partition coefficient (Wildman–Crippen LogP) is 6.04. The Hall–Kier alpha value is -1.38. The van der Waals surface area contributed by atoms with Crippen molar-refractivity contribution in [2.75, 3.05) is 5.32 Å². The first-order valence-corrected chi connectivity index (χ1v) is 10.1. The molecule has 0 atom stereocenters. The van der Waals surface area contributed by atoms with Crippen molar-refractivity contribution in [3.05, 3.63) is 79.8 Å². The van der Waals surface area contributed by atoms with Crippen molar-refractivity contribution in [2.45, 2.75) is 10.6 Å². The van der Waals surface area contributed by atoms with Gasteiger partial charge in [-0.05, 0) is 75.3 Å². The van der Waals surface area contributed by atoms with E-state index in [1.165, 1.54) is 23.8 Å². The molecule has 1 amide bonds. The molecular formula is C18H13FINOS2. The van der Waals surface area contributed by atoms with E-state index in [4.69, 9.17) is 0 Å². The Morgan fingerprint density at radius 3 is 2.79 bits per heavy atom. The third-order valence-electron chi connectivity index (χ3n) is 3.29. The monoisotopic (exact) mass is 469 g/mol. The van der Waals surface area contributed by atoms with Gasteiger partial charge >= 0.3 is 0 Å². The molecule has 24 heavy (non-hydrogen) atoms. The first-order valence-electron chi connectivity index (χ1n) is 7.13. The van der Waals surface area contributed by atoms with Crippen LogP contribution in [0.3, 0.4) is 0 Å². The quantitative estimate of drug-likeness (QED) is 0.365. The summed E-state index contributed by atoms with van der Waals surface area (Å²) in [4.78, 5) is 13.5. The average molecular weight is 469 g/mol. The van der Waals surface area contributed by atoms with Gasteiger partial charge in [0.25, 0.3) is 5.91 Å². The molecule has 0 unspecified atom stereocenters.